The van der Waals surface area contributed by atoms with E-state index in [9.17, 15) is 19.7 Å². The highest BCUT2D eigenvalue weighted by molar-refractivity contribution is 5.91. The van der Waals surface area contributed by atoms with Crippen molar-refractivity contribution in [2.75, 3.05) is 33.2 Å². The Bertz CT molecular complexity index is 898. The number of nitro groups is 1. The lowest BCUT2D eigenvalue weighted by atomic mass is 10.2. The average molecular weight is 420 g/mol. The van der Waals surface area contributed by atoms with Crippen LogP contribution >= 0.6 is 0 Å². The molecular weight excluding hydrogens is 396 g/mol. The van der Waals surface area contributed by atoms with E-state index in [1.54, 1.807) is 25.1 Å². The molecule has 0 saturated carbocycles. The third-order valence-corrected chi connectivity index (χ3v) is 3.50. The first-order valence-electron chi connectivity index (χ1n) is 8.87. The molecule has 2 N–H and O–H groups in total. The van der Waals surface area contributed by atoms with E-state index in [0.717, 1.165) is 6.07 Å². The number of anilines is 1. The molecule has 162 valence electrons. The lowest BCUT2D eigenvalue weighted by Crippen LogP contribution is -2.03. The van der Waals surface area contributed by atoms with Crippen LogP contribution in [0.3, 0.4) is 0 Å². The smallest absolute Gasteiger partial charge is 0.338 e. The number of hydrogen-bond donors (Lipinski definition) is 1. The van der Waals surface area contributed by atoms with Gasteiger partial charge in [0.15, 0.2) is 0 Å². The Kier molecular flexibility index (Phi) is 9.60. The number of nitrogens with two attached hydrogens (primary N) is 1. The van der Waals surface area contributed by atoms with E-state index in [-0.39, 0.29) is 17.0 Å². The normalized spacial score (nSPS) is 9.60. The lowest BCUT2D eigenvalue weighted by Gasteiger charge is -2.06. The molecule has 2 rings (SSSR count). The fourth-order valence-electron chi connectivity index (χ4n) is 2.28. The van der Waals surface area contributed by atoms with Gasteiger partial charge in [0.25, 0.3) is 5.69 Å². The van der Waals surface area contributed by atoms with E-state index in [1.807, 2.05) is 6.92 Å². The van der Waals surface area contributed by atoms with Gasteiger partial charge in [-0.15, -0.1) is 0 Å². The zero-order chi connectivity index (χ0) is 22.7. The number of rotatable bonds is 7. The molecule has 0 unspecified atom stereocenters. The summed E-state index contributed by atoms with van der Waals surface area (Å²) in [6.07, 6.45) is 0. The summed E-state index contributed by atoms with van der Waals surface area (Å²) in [6, 6.07) is 8.63. The first kappa shape index (κ1) is 24.2. The van der Waals surface area contributed by atoms with Crippen LogP contribution in [-0.4, -0.2) is 44.3 Å². The van der Waals surface area contributed by atoms with Crippen LogP contribution in [0.5, 0.6) is 11.5 Å². The Morgan fingerprint density at radius 3 is 1.77 bits per heavy atom. The first-order valence-corrected chi connectivity index (χ1v) is 8.87. The molecule has 0 radical (unpaired) electrons. The predicted molar refractivity (Wildman–Crippen MR) is 109 cm³/mol. The Morgan fingerprint density at radius 1 is 0.867 bits per heavy atom. The fraction of sp³-hybridized carbons (Fsp3) is 0.300. The molecule has 0 aliphatic rings. The molecule has 0 aliphatic carbocycles. The number of ether oxygens (including phenoxy) is 4. The van der Waals surface area contributed by atoms with E-state index >= 15 is 0 Å². The van der Waals surface area contributed by atoms with Crippen LogP contribution in [0.15, 0.2) is 36.4 Å². The number of nitro benzene ring substituents is 1. The van der Waals surface area contributed by atoms with Crippen molar-refractivity contribution in [3.8, 4) is 11.5 Å². The summed E-state index contributed by atoms with van der Waals surface area (Å²) in [5, 5.41) is 10.6. The highest BCUT2D eigenvalue weighted by Gasteiger charge is 2.15. The number of methoxy groups -OCH3 is 2. The van der Waals surface area contributed by atoms with Gasteiger partial charge in [-0.25, -0.2) is 9.59 Å². The van der Waals surface area contributed by atoms with E-state index in [1.165, 1.54) is 26.4 Å². The Hall–Kier alpha value is -3.82. The second-order valence-electron chi connectivity index (χ2n) is 5.61. The van der Waals surface area contributed by atoms with Gasteiger partial charge in [0.05, 0.1) is 49.5 Å². The van der Waals surface area contributed by atoms with Crippen molar-refractivity contribution in [2.24, 2.45) is 0 Å². The van der Waals surface area contributed by atoms with Crippen molar-refractivity contribution >= 4 is 23.3 Å². The second-order valence-corrected chi connectivity index (χ2v) is 5.61. The van der Waals surface area contributed by atoms with Crippen LogP contribution in [0.1, 0.15) is 34.6 Å². The third kappa shape index (κ3) is 7.30. The Labute approximate surface area is 173 Å². The maximum atomic E-state index is 11.2. The molecule has 2 aromatic carbocycles. The quantitative estimate of drug-likeness (QED) is 0.309. The van der Waals surface area contributed by atoms with Crippen molar-refractivity contribution in [3.05, 3.63) is 57.6 Å². The Balaban J connectivity index is 0.000000303. The van der Waals surface area contributed by atoms with Crippen LogP contribution < -0.4 is 15.2 Å². The minimum Gasteiger partial charge on any atom is -0.494 e. The van der Waals surface area contributed by atoms with Crippen molar-refractivity contribution in [2.45, 2.75) is 13.8 Å². The number of non-ortho nitro benzene ring substituents is 1. The Morgan fingerprint density at radius 2 is 1.33 bits per heavy atom. The molecule has 0 spiro atoms. The first-order chi connectivity index (χ1) is 14.2. The summed E-state index contributed by atoms with van der Waals surface area (Å²) >= 11 is 0. The SMILES string of the molecule is CCOc1cc(C(=O)OC)cc([N+](=O)[O-])c1.CCOc1cc(N)cc(C(=O)OC)c1. The van der Waals surface area contributed by atoms with Crippen molar-refractivity contribution < 1.29 is 33.5 Å². The number of esters is 2. The summed E-state index contributed by atoms with van der Waals surface area (Å²) in [4.78, 5) is 32.5. The molecule has 30 heavy (non-hydrogen) atoms. The molecule has 0 aliphatic heterocycles. The molecule has 2 aromatic rings. The minimum atomic E-state index is -0.635. The number of hydrogen-bond acceptors (Lipinski definition) is 9. The summed E-state index contributed by atoms with van der Waals surface area (Å²) in [7, 11) is 2.54. The maximum Gasteiger partial charge on any atom is 0.338 e. The van der Waals surface area contributed by atoms with Crippen molar-refractivity contribution in [3.63, 3.8) is 0 Å². The van der Waals surface area contributed by atoms with Gasteiger partial charge >= 0.3 is 11.9 Å². The number of carbonyl (C=O) groups excluding carboxylic acids is 2. The average Bonchev–Trinajstić information content (AvgIpc) is 2.72. The number of nitrogen functional groups attached to an aromatic ring is 1. The molecule has 0 saturated heterocycles. The fourth-order valence-corrected chi connectivity index (χ4v) is 2.28. The third-order valence-electron chi connectivity index (χ3n) is 3.50. The molecule has 0 atom stereocenters. The van der Waals surface area contributed by atoms with Gasteiger partial charge in [0.1, 0.15) is 11.5 Å². The number of benzene rings is 2. The highest BCUT2D eigenvalue weighted by Crippen LogP contribution is 2.23. The van der Waals surface area contributed by atoms with Gasteiger partial charge in [0, 0.05) is 17.8 Å². The number of carbonyl (C=O) groups is 2. The summed E-state index contributed by atoms with van der Waals surface area (Å²) in [5.74, 6) is -0.201. The van der Waals surface area contributed by atoms with E-state index < -0.39 is 16.9 Å². The maximum absolute atomic E-state index is 11.2. The lowest BCUT2D eigenvalue weighted by molar-refractivity contribution is -0.385. The highest BCUT2D eigenvalue weighted by atomic mass is 16.6. The van der Waals surface area contributed by atoms with Gasteiger partial charge < -0.3 is 24.7 Å². The molecule has 0 heterocycles. The van der Waals surface area contributed by atoms with E-state index in [0.29, 0.717) is 30.2 Å². The number of nitrogens with zero attached hydrogens (tertiary/aromatic N) is 1. The van der Waals surface area contributed by atoms with E-state index in [2.05, 4.69) is 9.47 Å². The summed E-state index contributed by atoms with van der Waals surface area (Å²) in [5.41, 5.74) is 6.37. The van der Waals surface area contributed by atoms with Gasteiger partial charge in [-0.1, -0.05) is 0 Å². The molecule has 10 heteroatoms. The molecule has 10 nitrogen and oxygen atoms in total. The van der Waals surface area contributed by atoms with Gasteiger partial charge in [-0.2, -0.15) is 0 Å². The van der Waals surface area contributed by atoms with E-state index in [4.69, 9.17) is 15.2 Å². The monoisotopic (exact) mass is 420 g/mol. The van der Waals surface area contributed by atoms with Crippen molar-refractivity contribution in [1.29, 1.82) is 0 Å². The molecular formula is C20H24N2O8. The van der Waals surface area contributed by atoms with Gasteiger partial charge in [0.2, 0.25) is 0 Å². The van der Waals surface area contributed by atoms with Crippen molar-refractivity contribution in [1.82, 2.24) is 0 Å². The second kappa shape index (κ2) is 11.9. The van der Waals surface area contributed by atoms with Crippen LogP contribution in [0.2, 0.25) is 0 Å². The summed E-state index contributed by atoms with van der Waals surface area (Å²) < 4.78 is 19.4. The predicted octanol–water partition coefficient (Wildman–Crippen LogP) is 3.23. The van der Waals surface area contributed by atoms with Gasteiger partial charge in [-0.05, 0) is 32.0 Å². The molecule has 0 fully saturated rings. The van der Waals surface area contributed by atoms with Crippen LogP contribution in [-0.2, 0) is 9.47 Å². The zero-order valence-corrected chi connectivity index (χ0v) is 17.2. The topological polar surface area (TPSA) is 140 Å². The van der Waals surface area contributed by atoms with Crippen LogP contribution in [0.25, 0.3) is 0 Å². The minimum absolute atomic E-state index is 0.0974. The molecule has 0 amide bonds. The standard InChI is InChI=1S/C10H11NO5.C10H13NO3/c1-3-16-9-5-7(10(12)15-2)4-8(6-9)11(13)14;1-3-14-9-5-7(10(12)13-2)4-8(11)6-9/h4-6H,3H2,1-2H3;4-6H,3,11H2,1-2H3. The van der Waals surface area contributed by atoms with Crippen LogP contribution in [0.4, 0.5) is 11.4 Å². The zero-order valence-electron chi connectivity index (χ0n) is 17.2. The molecule has 0 bridgehead atoms. The largest absolute Gasteiger partial charge is 0.494 e. The summed E-state index contributed by atoms with van der Waals surface area (Å²) in [6.45, 7) is 4.50. The van der Waals surface area contributed by atoms with Gasteiger partial charge in [-0.3, -0.25) is 10.1 Å². The van der Waals surface area contributed by atoms with Crippen LogP contribution in [0, 0.1) is 10.1 Å². The molecule has 0 aromatic heterocycles.